The topological polar surface area (TPSA) is 13.1 Å². The predicted octanol–water partition coefficient (Wildman–Crippen LogP) is 13.7. The van der Waals surface area contributed by atoms with Gasteiger partial charge >= 0.3 is 0 Å². The summed E-state index contributed by atoms with van der Waals surface area (Å²) in [6, 6.07) is 11.5. The van der Waals surface area contributed by atoms with E-state index in [0.717, 1.165) is 27.3 Å². The predicted molar refractivity (Wildman–Crippen MR) is 208 cm³/mol. The van der Waals surface area contributed by atoms with Gasteiger partial charge in [-0.1, -0.05) is 169 Å². The van der Waals surface area contributed by atoms with Gasteiger partial charge in [-0.25, -0.2) is 0 Å². The van der Waals surface area contributed by atoms with Gasteiger partial charge in [-0.15, -0.1) is 0 Å². The Hall–Kier alpha value is -6.44. The Morgan fingerprint density at radius 2 is 0.918 bits per heavy atom. The van der Waals surface area contributed by atoms with Gasteiger partial charge in [0.1, 0.15) is 11.2 Å². The SMILES string of the molecule is [2H]c1c([2H])c([2H])c(-c2c3c([2H])c([2H])c([2H])c([2H])c3c(-c3c([2H])c([2H])c(-c4ccc5oc6c(-c7cccc8ccccc78)cccc6c5c4)c([2H])c3[2H])c3c([2H])c([2H])c([2H])c([2H])c23)c([2H])c1[2H]. The second-order valence-electron chi connectivity index (χ2n) is 11.5. The van der Waals surface area contributed by atoms with Gasteiger partial charge in [-0.05, 0) is 83.4 Å². The molecule has 0 bridgehead atoms. The van der Waals surface area contributed by atoms with E-state index in [-0.39, 0.29) is 11.1 Å². The molecular weight excluding hydrogens is 593 g/mol. The van der Waals surface area contributed by atoms with E-state index in [0.29, 0.717) is 16.6 Å². The molecule has 0 atom stereocenters. The van der Waals surface area contributed by atoms with Crippen LogP contribution in [-0.4, -0.2) is 0 Å². The normalized spacial score (nSPS) is 16.5. The Kier molecular flexibility index (Phi) is 3.54. The summed E-state index contributed by atoms with van der Waals surface area (Å²) in [6.45, 7) is 0. The van der Waals surface area contributed by atoms with Crippen LogP contribution in [0.1, 0.15) is 23.3 Å². The molecule has 228 valence electrons. The Labute approximate surface area is 308 Å². The van der Waals surface area contributed by atoms with Crippen LogP contribution < -0.4 is 0 Å². The molecule has 1 heterocycles. The highest BCUT2D eigenvalue weighted by Crippen LogP contribution is 2.44. The minimum absolute atomic E-state index is 0.136. The molecule has 1 nitrogen and oxygen atoms in total. The van der Waals surface area contributed by atoms with Crippen molar-refractivity contribution >= 4 is 54.3 Å². The molecule has 0 N–H and O–H groups in total. The summed E-state index contributed by atoms with van der Waals surface area (Å²) in [5, 5.41) is 1.35. The maximum absolute atomic E-state index is 9.55. The van der Waals surface area contributed by atoms with Gasteiger partial charge in [0.15, 0.2) is 0 Å². The Morgan fingerprint density at radius 1 is 0.367 bits per heavy atom. The van der Waals surface area contributed by atoms with Gasteiger partial charge in [0.2, 0.25) is 0 Å². The van der Waals surface area contributed by atoms with E-state index in [9.17, 15) is 11.0 Å². The highest BCUT2D eigenvalue weighted by atomic mass is 16.3. The van der Waals surface area contributed by atoms with Gasteiger partial charge in [-0.3, -0.25) is 0 Å². The molecule has 1 heteroatoms. The van der Waals surface area contributed by atoms with Crippen molar-refractivity contribution in [2.45, 2.75) is 0 Å². The molecule has 1 aromatic heterocycles. The zero-order valence-electron chi connectivity index (χ0n) is 42.4. The van der Waals surface area contributed by atoms with Crippen molar-refractivity contribution in [1.82, 2.24) is 0 Å². The summed E-state index contributed by atoms with van der Waals surface area (Å²) < 4.78 is 159. The minimum Gasteiger partial charge on any atom is -0.455 e. The molecule has 0 aliphatic rings. The minimum atomic E-state index is -0.825. The van der Waals surface area contributed by atoms with Crippen molar-refractivity contribution in [3.8, 4) is 44.5 Å². The zero-order valence-corrected chi connectivity index (χ0v) is 25.4. The molecule has 0 aliphatic heterocycles. The first kappa shape index (κ1) is 15.6. The summed E-state index contributed by atoms with van der Waals surface area (Å²) in [5.74, 6) is 0. The lowest BCUT2D eigenvalue weighted by Gasteiger charge is -2.18. The van der Waals surface area contributed by atoms with E-state index < -0.39 is 147 Å². The van der Waals surface area contributed by atoms with Crippen molar-refractivity contribution in [3.63, 3.8) is 0 Å². The van der Waals surface area contributed by atoms with Crippen molar-refractivity contribution in [3.05, 3.63) is 182 Å². The summed E-state index contributed by atoms with van der Waals surface area (Å²) >= 11 is 0. The molecule has 0 spiro atoms. The summed E-state index contributed by atoms with van der Waals surface area (Å²) in [4.78, 5) is 0. The van der Waals surface area contributed by atoms with Gasteiger partial charge < -0.3 is 4.42 Å². The number of para-hydroxylation sites is 1. The average Bonchev–Trinajstić information content (AvgIpc) is 3.70. The fourth-order valence-corrected chi connectivity index (χ4v) is 6.71. The van der Waals surface area contributed by atoms with E-state index in [1.807, 2.05) is 60.7 Å². The van der Waals surface area contributed by atoms with E-state index in [2.05, 4.69) is 0 Å². The van der Waals surface area contributed by atoms with Crippen LogP contribution in [-0.2, 0) is 0 Å². The Morgan fingerprint density at radius 3 is 1.63 bits per heavy atom. The number of rotatable bonds is 4. The molecule has 10 aromatic rings. The van der Waals surface area contributed by atoms with Crippen LogP contribution in [0.2, 0.25) is 0 Å². The highest BCUT2D eigenvalue weighted by molar-refractivity contribution is 6.21. The first-order chi connectivity index (χ1) is 31.4. The number of furan rings is 1. The van der Waals surface area contributed by atoms with E-state index in [4.69, 9.17) is 16.8 Å². The highest BCUT2D eigenvalue weighted by Gasteiger charge is 2.17. The van der Waals surface area contributed by atoms with Gasteiger partial charge in [0.25, 0.3) is 0 Å². The third-order valence-corrected chi connectivity index (χ3v) is 8.87. The molecule has 9 aromatic carbocycles. The lowest BCUT2D eigenvalue weighted by atomic mass is 9.86. The molecule has 49 heavy (non-hydrogen) atoms. The molecule has 0 aliphatic carbocycles. The third kappa shape index (κ3) is 4.40. The van der Waals surface area contributed by atoms with Crippen LogP contribution in [0.4, 0.5) is 0 Å². The van der Waals surface area contributed by atoms with Gasteiger partial charge in [0.05, 0.1) is 23.3 Å². The van der Waals surface area contributed by atoms with E-state index in [1.165, 1.54) is 0 Å². The standard InChI is InChI=1S/C48H30O/c1-2-13-33(14-3-1)46-38-17-6-8-19-40(38)47(41-20-9-7-18-39(41)46)34-26-24-31(25-27-34)35-28-29-45-44(30-35)43-23-11-22-42(48(43)49-45)37-21-10-15-32-12-4-5-16-36(32)37/h1-30H/i1D,2D,3D,6D,7D,8D,9D,13D,14D,17D,18D,19D,20D,24D,25D,26D,27D. The first-order valence-electron chi connectivity index (χ1n) is 24.0. The molecule has 0 amide bonds. The third-order valence-electron chi connectivity index (χ3n) is 8.87. The van der Waals surface area contributed by atoms with Crippen LogP contribution in [0.25, 0.3) is 98.8 Å². The Balaban J connectivity index is 1.30. The van der Waals surface area contributed by atoms with Crippen molar-refractivity contribution in [2.75, 3.05) is 0 Å². The van der Waals surface area contributed by atoms with Crippen LogP contribution in [0.15, 0.2) is 186 Å². The summed E-state index contributed by atoms with van der Waals surface area (Å²) in [7, 11) is 0. The molecule has 0 fully saturated rings. The lowest BCUT2D eigenvalue weighted by Crippen LogP contribution is -1.90. The maximum Gasteiger partial charge on any atom is 0.143 e. The van der Waals surface area contributed by atoms with E-state index >= 15 is 0 Å². The van der Waals surface area contributed by atoms with Crippen LogP contribution in [0.3, 0.4) is 0 Å². The molecule has 0 saturated carbocycles. The monoisotopic (exact) mass is 639 g/mol. The Bertz CT molecular complexity index is 3710. The molecule has 10 rings (SSSR count). The number of benzene rings is 9. The van der Waals surface area contributed by atoms with E-state index in [1.54, 1.807) is 18.2 Å². The smallest absolute Gasteiger partial charge is 0.143 e. The molecule has 0 saturated heterocycles. The zero-order chi connectivity index (χ0) is 47.1. The fourth-order valence-electron chi connectivity index (χ4n) is 6.71. The van der Waals surface area contributed by atoms with Crippen molar-refractivity contribution in [1.29, 1.82) is 0 Å². The fraction of sp³-hybridized carbons (Fsp3) is 0. The quantitative estimate of drug-likeness (QED) is 0.175. The van der Waals surface area contributed by atoms with Crippen molar-refractivity contribution in [2.24, 2.45) is 0 Å². The van der Waals surface area contributed by atoms with Gasteiger partial charge in [-0.2, -0.15) is 0 Å². The van der Waals surface area contributed by atoms with Crippen LogP contribution in [0.5, 0.6) is 0 Å². The van der Waals surface area contributed by atoms with Gasteiger partial charge in [0, 0.05) is 16.3 Å². The molecular formula is C48H30O. The molecule has 0 radical (unpaired) electrons. The molecule has 0 unspecified atom stereocenters. The summed E-state index contributed by atoms with van der Waals surface area (Å²) in [5.41, 5.74) is 0.840. The summed E-state index contributed by atoms with van der Waals surface area (Å²) in [6.07, 6.45) is 0. The second kappa shape index (κ2) is 11.1. The largest absolute Gasteiger partial charge is 0.455 e. The number of fused-ring (bicyclic) bond motifs is 6. The number of hydrogen-bond acceptors (Lipinski definition) is 1. The van der Waals surface area contributed by atoms with Crippen LogP contribution >= 0.6 is 0 Å². The van der Waals surface area contributed by atoms with Crippen LogP contribution in [0, 0.1) is 0 Å². The second-order valence-corrected chi connectivity index (χ2v) is 11.5. The average molecular weight is 640 g/mol. The first-order valence-corrected chi connectivity index (χ1v) is 15.5. The lowest BCUT2D eigenvalue weighted by molar-refractivity contribution is 0.670. The maximum atomic E-state index is 9.55. The van der Waals surface area contributed by atoms with Crippen molar-refractivity contribution < 1.29 is 27.7 Å². The number of hydrogen-bond donors (Lipinski definition) is 0.